The van der Waals surface area contributed by atoms with Crippen molar-refractivity contribution in [1.82, 2.24) is 9.80 Å². The van der Waals surface area contributed by atoms with Crippen LogP contribution in [0.3, 0.4) is 0 Å². The fourth-order valence-corrected chi connectivity index (χ4v) is 4.77. The molecule has 1 N–H and O–H groups in total. The molecule has 3 amide bonds. The van der Waals surface area contributed by atoms with Crippen LogP contribution >= 0.6 is 0 Å². The predicted octanol–water partition coefficient (Wildman–Crippen LogP) is 4.26. The zero-order valence-corrected chi connectivity index (χ0v) is 18.6. The van der Waals surface area contributed by atoms with Gasteiger partial charge in [0.1, 0.15) is 0 Å². The Bertz CT molecular complexity index is 1030. The standard InChI is InChI=1S/C26H29N3O3/c1-17-14-18(2)16-28(15-17)25(31)22-10-6-7-11-23(22)27-24(30)12-13-29-19(3)20-8-4-5-9-21(20)26(29)32/h4-11,17-18H,3,12-16H2,1-2H3,(H,27,30). The van der Waals surface area contributed by atoms with Crippen molar-refractivity contribution in [3.8, 4) is 0 Å². The van der Waals surface area contributed by atoms with E-state index in [9.17, 15) is 14.4 Å². The molecule has 2 aliphatic rings. The minimum absolute atomic E-state index is 0.0575. The van der Waals surface area contributed by atoms with E-state index in [-0.39, 0.29) is 30.7 Å². The first kappa shape index (κ1) is 21.8. The highest BCUT2D eigenvalue weighted by atomic mass is 16.2. The fraction of sp³-hybridized carbons (Fsp3) is 0.346. The van der Waals surface area contributed by atoms with Gasteiger partial charge in [0.05, 0.1) is 11.3 Å². The van der Waals surface area contributed by atoms with E-state index < -0.39 is 0 Å². The Labute approximate surface area is 188 Å². The van der Waals surface area contributed by atoms with Crippen molar-refractivity contribution in [1.29, 1.82) is 0 Å². The molecule has 4 rings (SSSR count). The summed E-state index contributed by atoms with van der Waals surface area (Å²) in [6.45, 7) is 10.0. The Kier molecular flexibility index (Phi) is 6.12. The molecule has 6 heteroatoms. The summed E-state index contributed by atoms with van der Waals surface area (Å²) in [6.07, 6.45) is 1.23. The molecule has 0 aromatic heterocycles. The van der Waals surface area contributed by atoms with E-state index in [1.165, 1.54) is 4.90 Å². The number of carbonyl (C=O) groups is 3. The van der Waals surface area contributed by atoms with Crippen LogP contribution in [-0.4, -0.2) is 47.2 Å². The molecule has 2 aromatic rings. The van der Waals surface area contributed by atoms with E-state index >= 15 is 0 Å². The van der Waals surface area contributed by atoms with Gasteiger partial charge in [0, 0.05) is 42.9 Å². The lowest BCUT2D eigenvalue weighted by molar-refractivity contribution is -0.116. The van der Waals surface area contributed by atoms with Gasteiger partial charge < -0.3 is 15.1 Å². The van der Waals surface area contributed by atoms with Crippen molar-refractivity contribution in [3.05, 3.63) is 71.8 Å². The second-order valence-electron chi connectivity index (χ2n) is 8.95. The number of para-hydroxylation sites is 1. The van der Waals surface area contributed by atoms with Gasteiger partial charge in [-0.15, -0.1) is 0 Å². The monoisotopic (exact) mass is 431 g/mol. The maximum atomic E-state index is 13.2. The van der Waals surface area contributed by atoms with E-state index in [0.717, 1.165) is 25.1 Å². The molecule has 0 radical (unpaired) electrons. The van der Waals surface area contributed by atoms with Gasteiger partial charge in [0.15, 0.2) is 0 Å². The molecule has 2 aliphatic heterocycles. The van der Waals surface area contributed by atoms with E-state index in [1.54, 1.807) is 24.3 Å². The van der Waals surface area contributed by atoms with E-state index in [0.29, 0.717) is 34.3 Å². The van der Waals surface area contributed by atoms with Crippen molar-refractivity contribution < 1.29 is 14.4 Å². The Morgan fingerprint density at radius 3 is 2.31 bits per heavy atom. The summed E-state index contributed by atoms with van der Waals surface area (Å²) in [7, 11) is 0. The average molecular weight is 432 g/mol. The minimum atomic E-state index is -0.248. The summed E-state index contributed by atoms with van der Waals surface area (Å²) in [5, 5.41) is 2.87. The largest absolute Gasteiger partial charge is 0.338 e. The van der Waals surface area contributed by atoms with Crippen molar-refractivity contribution in [2.45, 2.75) is 26.7 Å². The van der Waals surface area contributed by atoms with Gasteiger partial charge in [0.2, 0.25) is 5.91 Å². The highest BCUT2D eigenvalue weighted by Crippen LogP contribution is 2.31. The summed E-state index contributed by atoms with van der Waals surface area (Å²) in [5.41, 5.74) is 3.03. The fourth-order valence-electron chi connectivity index (χ4n) is 4.77. The molecule has 0 aliphatic carbocycles. The van der Waals surface area contributed by atoms with Crippen molar-refractivity contribution in [2.24, 2.45) is 11.8 Å². The van der Waals surface area contributed by atoms with Crippen molar-refractivity contribution in [2.75, 3.05) is 25.0 Å². The summed E-state index contributed by atoms with van der Waals surface area (Å²) < 4.78 is 0. The molecule has 2 unspecified atom stereocenters. The molecule has 2 aromatic carbocycles. The molecule has 0 spiro atoms. The van der Waals surface area contributed by atoms with Crippen LogP contribution in [0.25, 0.3) is 5.70 Å². The Morgan fingerprint density at radius 2 is 1.62 bits per heavy atom. The number of likely N-dealkylation sites (tertiary alicyclic amines) is 1. The molecule has 2 atom stereocenters. The number of benzene rings is 2. The van der Waals surface area contributed by atoms with Crippen LogP contribution in [0.1, 0.15) is 53.0 Å². The highest BCUT2D eigenvalue weighted by molar-refractivity contribution is 6.09. The van der Waals surface area contributed by atoms with Crippen molar-refractivity contribution >= 4 is 29.1 Å². The van der Waals surface area contributed by atoms with E-state index in [2.05, 4.69) is 25.7 Å². The molecule has 32 heavy (non-hydrogen) atoms. The number of rotatable bonds is 5. The maximum Gasteiger partial charge on any atom is 0.258 e. The first-order chi connectivity index (χ1) is 15.3. The Hall–Kier alpha value is -3.41. The summed E-state index contributed by atoms with van der Waals surface area (Å²) in [4.78, 5) is 41.9. The van der Waals surface area contributed by atoms with Gasteiger partial charge in [-0.25, -0.2) is 0 Å². The third-order valence-electron chi connectivity index (χ3n) is 6.19. The third kappa shape index (κ3) is 4.31. The maximum absolute atomic E-state index is 13.2. The van der Waals surface area contributed by atoms with E-state index in [1.807, 2.05) is 29.2 Å². The smallest absolute Gasteiger partial charge is 0.258 e. The molecule has 2 heterocycles. The van der Waals surface area contributed by atoms with Gasteiger partial charge in [-0.2, -0.15) is 0 Å². The quantitative estimate of drug-likeness (QED) is 0.769. The molecule has 6 nitrogen and oxygen atoms in total. The number of piperidine rings is 1. The molecule has 1 fully saturated rings. The van der Waals surface area contributed by atoms with Crippen molar-refractivity contribution in [3.63, 3.8) is 0 Å². The number of fused-ring (bicyclic) bond motifs is 1. The number of amides is 3. The first-order valence-electron chi connectivity index (χ1n) is 11.1. The first-order valence-corrected chi connectivity index (χ1v) is 11.1. The summed E-state index contributed by atoms with van der Waals surface area (Å²) in [6, 6.07) is 14.4. The number of nitrogens with zero attached hydrogens (tertiary/aromatic N) is 2. The van der Waals surface area contributed by atoms with Gasteiger partial charge in [-0.3, -0.25) is 14.4 Å². The van der Waals surface area contributed by atoms with Gasteiger partial charge in [-0.1, -0.05) is 50.8 Å². The lowest BCUT2D eigenvalue weighted by Crippen LogP contribution is -2.42. The predicted molar refractivity (Wildman–Crippen MR) is 125 cm³/mol. The lowest BCUT2D eigenvalue weighted by atomic mass is 9.91. The molecule has 1 saturated heterocycles. The number of hydrogen-bond acceptors (Lipinski definition) is 3. The summed E-state index contributed by atoms with van der Waals surface area (Å²) in [5.74, 6) is 0.474. The van der Waals surface area contributed by atoms with Crippen LogP contribution in [0.15, 0.2) is 55.1 Å². The van der Waals surface area contributed by atoms with Crippen LogP contribution in [-0.2, 0) is 4.79 Å². The molecule has 0 saturated carbocycles. The number of anilines is 1. The van der Waals surface area contributed by atoms with Crippen LogP contribution in [0.2, 0.25) is 0 Å². The molecule has 166 valence electrons. The second kappa shape index (κ2) is 8.99. The molecule has 0 bridgehead atoms. The lowest BCUT2D eigenvalue weighted by Gasteiger charge is -2.35. The highest BCUT2D eigenvalue weighted by Gasteiger charge is 2.31. The van der Waals surface area contributed by atoms with Gasteiger partial charge in [0.25, 0.3) is 11.8 Å². The van der Waals surface area contributed by atoms with Gasteiger partial charge >= 0.3 is 0 Å². The number of hydrogen-bond donors (Lipinski definition) is 1. The van der Waals surface area contributed by atoms with Crippen LogP contribution in [0.5, 0.6) is 0 Å². The van der Waals surface area contributed by atoms with Crippen LogP contribution in [0.4, 0.5) is 5.69 Å². The normalized spacial score (nSPS) is 20.3. The van der Waals surface area contributed by atoms with E-state index in [4.69, 9.17) is 0 Å². The van der Waals surface area contributed by atoms with Crippen LogP contribution < -0.4 is 5.32 Å². The third-order valence-corrected chi connectivity index (χ3v) is 6.19. The average Bonchev–Trinajstić information content (AvgIpc) is 3.01. The molecular formula is C26H29N3O3. The Morgan fingerprint density at radius 1 is 1.00 bits per heavy atom. The summed E-state index contributed by atoms with van der Waals surface area (Å²) >= 11 is 0. The number of nitrogens with one attached hydrogen (secondary N) is 1. The number of carbonyl (C=O) groups excluding carboxylic acids is 3. The minimum Gasteiger partial charge on any atom is -0.338 e. The Balaban J connectivity index is 1.41. The zero-order chi connectivity index (χ0) is 22.8. The second-order valence-corrected chi connectivity index (χ2v) is 8.95. The topological polar surface area (TPSA) is 69.7 Å². The van der Waals surface area contributed by atoms with Crippen LogP contribution in [0, 0.1) is 11.8 Å². The molecular weight excluding hydrogens is 402 g/mol. The SMILES string of the molecule is C=C1c2ccccc2C(=O)N1CCC(=O)Nc1ccccc1C(=O)N1CC(C)CC(C)C1. The van der Waals surface area contributed by atoms with Gasteiger partial charge in [-0.05, 0) is 36.5 Å². The zero-order valence-electron chi connectivity index (χ0n) is 18.6.